The fourth-order valence-electron chi connectivity index (χ4n) is 1.69. The van der Waals surface area contributed by atoms with E-state index in [1.54, 1.807) is 0 Å². The Kier molecular flexibility index (Phi) is 6.86. The highest BCUT2D eigenvalue weighted by molar-refractivity contribution is 5.23. The molecule has 17 heavy (non-hydrogen) atoms. The monoisotopic (exact) mass is 237 g/mol. The van der Waals surface area contributed by atoms with Crippen molar-refractivity contribution in [2.45, 2.75) is 33.0 Å². The number of rotatable bonds is 8. The van der Waals surface area contributed by atoms with Gasteiger partial charge < -0.3 is 15.2 Å². The van der Waals surface area contributed by atoms with Crippen molar-refractivity contribution >= 4 is 0 Å². The zero-order valence-electron chi connectivity index (χ0n) is 10.8. The van der Waals surface area contributed by atoms with Gasteiger partial charge in [-0.2, -0.15) is 0 Å². The Bertz CT molecular complexity index is 292. The first kappa shape index (κ1) is 14.2. The Hall–Kier alpha value is -0.900. The van der Waals surface area contributed by atoms with Crippen molar-refractivity contribution in [1.82, 2.24) is 0 Å². The summed E-state index contributed by atoms with van der Waals surface area (Å²) in [6.45, 7) is 5.99. The summed E-state index contributed by atoms with van der Waals surface area (Å²) < 4.78 is 11.1. The van der Waals surface area contributed by atoms with Crippen molar-refractivity contribution in [2.24, 2.45) is 5.73 Å². The standard InChI is InChI=1S/C14H23NO2/c1-3-16-14(17-4-2)13-9-7-12(8-10-13)6-5-11-15/h7-10,14H,3-6,11,15H2,1-2H3. The molecule has 0 aliphatic carbocycles. The Morgan fingerprint density at radius 2 is 1.65 bits per heavy atom. The predicted molar refractivity (Wildman–Crippen MR) is 69.8 cm³/mol. The minimum Gasteiger partial charge on any atom is -0.349 e. The van der Waals surface area contributed by atoms with Gasteiger partial charge in [0.15, 0.2) is 6.29 Å². The maximum Gasteiger partial charge on any atom is 0.183 e. The molecule has 2 N–H and O–H groups in total. The third-order valence-electron chi connectivity index (χ3n) is 2.56. The predicted octanol–water partition coefficient (Wildman–Crippen LogP) is 2.65. The molecule has 0 spiro atoms. The highest BCUT2D eigenvalue weighted by Crippen LogP contribution is 2.19. The van der Waals surface area contributed by atoms with E-state index >= 15 is 0 Å². The van der Waals surface area contributed by atoms with Gasteiger partial charge in [-0.25, -0.2) is 0 Å². The van der Waals surface area contributed by atoms with Gasteiger partial charge >= 0.3 is 0 Å². The summed E-state index contributed by atoms with van der Waals surface area (Å²) >= 11 is 0. The summed E-state index contributed by atoms with van der Waals surface area (Å²) in [4.78, 5) is 0. The molecule has 0 heterocycles. The lowest BCUT2D eigenvalue weighted by molar-refractivity contribution is -0.140. The average molecular weight is 237 g/mol. The summed E-state index contributed by atoms with van der Waals surface area (Å²) in [6, 6.07) is 8.38. The minimum absolute atomic E-state index is 0.242. The van der Waals surface area contributed by atoms with Gasteiger partial charge in [-0.1, -0.05) is 24.3 Å². The molecule has 0 bridgehead atoms. The molecular formula is C14H23NO2. The van der Waals surface area contributed by atoms with Crippen molar-refractivity contribution < 1.29 is 9.47 Å². The van der Waals surface area contributed by atoms with Crippen LogP contribution in [0.4, 0.5) is 0 Å². The first-order valence-corrected chi connectivity index (χ1v) is 6.33. The molecule has 0 aliphatic heterocycles. The van der Waals surface area contributed by atoms with Gasteiger partial charge in [0.05, 0.1) is 0 Å². The molecule has 1 aromatic rings. The van der Waals surface area contributed by atoms with Crippen LogP contribution < -0.4 is 5.73 Å². The summed E-state index contributed by atoms with van der Waals surface area (Å²) in [5.74, 6) is 0. The van der Waals surface area contributed by atoms with Gasteiger partial charge in [0.25, 0.3) is 0 Å². The quantitative estimate of drug-likeness (QED) is 0.707. The number of hydrogen-bond donors (Lipinski definition) is 1. The zero-order chi connectivity index (χ0) is 12.5. The van der Waals surface area contributed by atoms with Crippen LogP contribution in [0.25, 0.3) is 0 Å². The lowest BCUT2D eigenvalue weighted by atomic mass is 10.1. The molecule has 96 valence electrons. The van der Waals surface area contributed by atoms with Crippen LogP contribution in [-0.2, 0) is 15.9 Å². The molecule has 3 nitrogen and oxygen atoms in total. The summed E-state index contributed by atoms with van der Waals surface area (Å²) in [7, 11) is 0. The lowest BCUT2D eigenvalue weighted by Crippen LogP contribution is -2.08. The second-order valence-corrected chi connectivity index (χ2v) is 3.88. The third-order valence-corrected chi connectivity index (χ3v) is 2.56. The van der Waals surface area contributed by atoms with Crippen LogP contribution in [0.5, 0.6) is 0 Å². The van der Waals surface area contributed by atoms with Gasteiger partial charge in [-0.3, -0.25) is 0 Å². The van der Waals surface area contributed by atoms with E-state index in [-0.39, 0.29) is 6.29 Å². The van der Waals surface area contributed by atoms with E-state index in [0.717, 1.165) is 24.9 Å². The number of aryl methyl sites for hydroxylation is 1. The molecule has 3 heteroatoms. The number of ether oxygens (including phenoxy) is 2. The number of nitrogens with two attached hydrogens (primary N) is 1. The van der Waals surface area contributed by atoms with E-state index in [9.17, 15) is 0 Å². The smallest absolute Gasteiger partial charge is 0.183 e. The van der Waals surface area contributed by atoms with Crippen molar-refractivity contribution in [2.75, 3.05) is 19.8 Å². The van der Waals surface area contributed by atoms with Crippen LogP contribution in [0, 0.1) is 0 Å². The molecule has 0 aliphatic rings. The van der Waals surface area contributed by atoms with Crippen LogP contribution in [-0.4, -0.2) is 19.8 Å². The second-order valence-electron chi connectivity index (χ2n) is 3.88. The molecule has 1 aromatic carbocycles. The summed E-state index contributed by atoms with van der Waals surface area (Å²) in [6.07, 6.45) is 1.82. The third kappa shape index (κ3) is 4.86. The van der Waals surface area contributed by atoms with Crippen molar-refractivity contribution in [3.63, 3.8) is 0 Å². The lowest BCUT2D eigenvalue weighted by Gasteiger charge is -2.17. The molecule has 0 aromatic heterocycles. The molecular weight excluding hydrogens is 214 g/mol. The molecule has 0 fully saturated rings. The Balaban J connectivity index is 2.63. The zero-order valence-corrected chi connectivity index (χ0v) is 10.8. The van der Waals surface area contributed by atoms with Crippen LogP contribution in [0.2, 0.25) is 0 Å². The molecule has 1 rings (SSSR count). The van der Waals surface area contributed by atoms with E-state index in [1.807, 2.05) is 13.8 Å². The number of hydrogen-bond acceptors (Lipinski definition) is 3. The molecule has 0 amide bonds. The average Bonchev–Trinajstić information content (AvgIpc) is 2.37. The Morgan fingerprint density at radius 3 is 2.12 bits per heavy atom. The van der Waals surface area contributed by atoms with Gasteiger partial charge in [0.1, 0.15) is 0 Å². The first-order valence-electron chi connectivity index (χ1n) is 6.33. The van der Waals surface area contributed by atoms with E-state index in [4.69, 9.17) is 15.2 Å². The van der Waals surface area contributed by atoms with Crippen LogP contribution >= 0.6 is 0 Å². The van der Waals surface area contributed by atoms with Gasteiger partial charge in [0, 0.05) is 18.8 Å². The Morgan fingerprint density at radius 1 is 1.06 bits per heavy atom. The molecule has 0 saturated heterocycles. The second kappa shape index (κ2) is 8.23. The van der Waals surface area contributed by atoms with Gasteiger partial charge in [-0.15, -0.1) is 0 Å². The normalized spacial score (nSPS) is 11.1. The molecule has 0 saturated carbocycles. The summed E-state index contributed by atoms with van der Waals surface area (Å²) in [5.41, 5.74) is 7.88. The SMILES string of the molecule is CCOC(OCC)c1ccc(CCCN)cc1. The van der Waals surface area contributed by atoms with E-state index in [1.165, 1.54) is 5.56 Å². The highest BCUT2D eigenvalue weighted by atomic mass is 16.7. The minimum atomic E-state index is -0.242. The fraction of sp³-hybridized carbons (Fsp3) is 0.571. The topological polar surface area (TPSA) is 44.5 Å². The molecule has 0 radical (unpaired) electrons. The van der Waals surface area contributed by atoms with Gasteiger partial charge in [0.2, 0.25) is 0 Å². The van der Waals surface area contributed by atoms with Crippen LogP contribution in [0.15, 0.2) is 24.3 Å². The number of benzene rings is 1. The summed E-state index contributed by atoms with van der Waals surface area (Å²) in [5, 5.41) is 0. The maximum atomic E-state index is 5.55. The largest absolute Gasteiger partial charge is 0.349 e. The molecule has 0 unspecified atom stereocenters. The first-order chi connectivity index (χ1) is 8.31. The molecule has 0 atom stereocenters. The van der Waals surface area contributed by atoms with E-state index in [2.05, 4.69) is 24.3 Å². The van der Waals surface area contributed by atoms with E-state index < -0.39 is 0 Å². The van der Waals surface area contributed by atoms with E-state index in [0.29, 0.717) is 13.2 Å². The van der Waals surface area contributed by atoms with Crippen LogP contribution in [0.3, 0.4) is 0 Å². The fourth-order valence-corrected chi connectivity index (χ4v) is 1.69. The highest BCUT2D eigenvalue weighted by Gasteiger charge is 2.10. The maximum absolute atomic E-state index is 5.55. The van der Waals surface area contributed by atoms with Crippen molar-refractivity contribution in [1.29, 1.82) is 0 Å². The van der Waals surface area contributed by atoms with Crippen molar-refractivity contribution in [3.05, 3.63) is 35.4 Å². The van der Waals surface area contributed by atoms with Crippen LogP contribution in [0.1, 0.15) is 37.7 Å². The van der Waals surface area contributed by atoms with Crippen molar-refractivity contribution in [3.8, 4) is 0 Å². The Labute approximate surface area is 104 Å². The van der Waals surface area contributed by atoms with Gasteiger partial charge in [-0.05, 0) is 38.8 Å².